The van der Waals surface area contributed by atoms with E-state index in [1.807, 2.05) is 27.2 Å². The highest BCUT2D eigenvalue weighted by molar-refractivity contribution is 7.45. The fourth-order valence-corrected chi connectivity index (χ4v) is 10.1. The van der Waals surface area contributed by atoms with Crippen molar-refractivity contribution in [3.63, 3.8) is 0 Å². The van der Waals surface area contributed by atoms with Gasteiger partial charge in [-0.25, -0.2) is 0 Å². The average Bonchev–Trinajstić information content (AvgIpc) is 3.34. The van der Waals surface area contributed by atoms with Crippen LogP contribution < -0.4 is 10.2 Å². The fraction of sp³-hybridized carbons (Fsp3) is 0.889. The van der Waals surface area contributed by atoms with Gasteiger partial charge in [-0.2, -0.15) is 0 Å². The summed E-state index contributed by atoms with van der Waals surface area (Å²) in [4.78, 5) is 25.5. The molecule has 0 spiro atoms. The molecule has 9 heteroatoms. The number of quaternary nitrogens is 1. The molecule has 3 atom stereocenters. The van der Waals surface area contributed by atoms with E-state index in [1.165, 1.54) is 238 Å². The molecule has 72 heavy (non-hydrogen) atoms. The molecule has 2 N–H and O–H groups in total. The number of hydrogen-bond acceptors (Lipinski definition) is 6. The number of carbonyl (C=O) groups is 1. The van der Waals surface area contributed by atoms with Crippen molar-refractivity contribution < 1.29 is 32.9 Å². The van der Waals surface area contributed by atoms with E-state index in [2.05, 4.69) is 43.5 Å². The molecule has 0 saturated carbocycles. The van der Waals surface area contributed by atoms with Gasteiger partial charge in [-0.15, -0.1) is 0 Å². The number of amides is 1. The number of nitrogens with one attached hydrogen (secondary N) is 1. The molecule has 426 valence electrons. The summed E-state index contributed by atoms with van der Waals surface area (Å²) in [5, 5.41) is 13.9. The van der Waals surface area contributed by atoms with E-state index >= 15 is 0 Å². The van der Waals surface area contributed by atoms with Crippen molar-refractivity contribution in [3.8, 4) is 0 Å². The molecule has 0 radical (unpaired) electrons. The molecule has 0 aromatic carbocycles. The summed E-state index contributed by atoms with van der Waals surface area (Å²) < 4.78 is 23.4. The maximum absolute atomic E-state index is 13.0. The van der Waals surface area contributed by atoms with Crippen LogP contribution in [0.15, 0.2) is 36.5 Å². The van der Waals surface area contributed by atoms with Gasteiger partial charge in [-0.1, -0.05) is 288 Å². The number of nitrogens with zero attached hydrogens (tertiary/aromatic N) is 1. The summed E-state index contributed by atoms with van der Waals surface area (Å²) in [5.74, 6) is -0.202. The molecule has 0 aromatic heterocycles. The van der Waals surface area contributed by atoms with E-state index in [1.54, 1.807) is 6.08 Å². The monoisotopic (exact) mass is 1030 g/mol. The predicted molar refractivity (Wildman–Crippen MR) is 311 cm³/mol. The fourth-order valence-electron chi connectivity index (χ4n) is 9.42. The number of aliphatic hydroxyl groups excluding tert-OH is 1. The third-order valence-electron chi connectivity index (χ3n) is 14.3. The molecule has 1 amide bonds. The van der Waals surface area contributed by atoms with Gasteiger partial charge in [0.05, 0.1) is 39.9 Å². The first-order valence-corrected chi connectivity index (χ1v) is 32.8. The minimum Gasteiger partial charge on any atom is -0.756 e. The first kappa shape index (κ1) is 70.7. The lowest BCUT2D eigenvalue weighted by molar-refractivity contribution is -0.870. The van der Waals surface area contributed by atoms with E-state index < -0.39 is 20.0 Å². The Morgan fingerprint density at radius 3 is 1.17 bits per heavy atom. The Morgan fingerprint density at radius 1 is 0.486 bits per heavy atom. The smallest absolute Gasteiger partial charge is 0.268 e. The Labute approximate surface area is 448 Å². The number of phosphoric acid groups is 1. The van der Waals surface area contributed by atoms with Crippen molar-refractivity contribution in [1.82, 2.24) is 5.32 Å². The molecule has 0 aliphatic rings. The van der Waals surface area contributed by atoms with Crippen LogP contribution in [-0.4, -0.2) is 68.5 Å². The van der Waals surface area contributed by atoms with Gasteiger partial charge < -0.3 is 28.8 Å². The quantitative estimate of drug-likeness (QED) is 0.0272. The molecule has 0 bridgehead atoms. The molecule has 3 unspecified atom stereocenters. The molecule has 0 saturated heterocycles. The zero-order valence-corrected chi connectivity index (χ0v) is 49.5. The third kappa shape index (κ3) is 56.4. The Balaban J connectivity index is 4.08. The van der Waals surface area contributed by atoms with E-state index in [9.17, 15) is 19.4 Å². The van der Waals surface area contributed by atoms with Gasteiger partial charge in [0.2, 0.25) is 5.91 Å². The SMILES string of the molecule is CCCCCC/C=C\C/C=C\CCCCCCCCCC(=O)NC(COP(=O)([O-])OCC[N+](C)(C)C)C(O)/C=C/CCCCCCCCCCCCCCCCCCCCCCCCCCCCCCCC. The van der Waals surface area contributed by atoms with E-state index in [-0.39, 0.29) is 19.1 Å². The molecular weight excluding hydrogens is 912 g/mol. The van der Waals surface area contributed by atoms with Crippen molar-refractivity contribution in [1.29, 1.82) is 0 Å². The van der Waals surface area contributed by atoms with Gasteiger partial charge in [0.1, 0.15) is 13.2 Å². The van der Waals surface area contributed by atoms with Crippen LogP contribution in [0.5, 0.6) is 0 Å². The van der Waals surface area contributed by atoms with Crippen molar-refractivity contribution in [2.24, 2.45) is 0 Å². The zero-order chi connectivity index (χ0) is 52.7. The van der Waals surface area contributed by atoms with Crippen LogP contribution in [0.1, 0.15) is 309 Å². The van der Waals surface area contributed by atoms with Crippen LogP contribution in [0.25, 0.3) is 0 Å². The summed E-state index contributed by atoms with van der Waals surface area (Å²) in [6, 6.07) is -0.892. The number of phosphoric ester groups is 1. The first-order chi connectivity index (χ1) is 35.0. The standard InChI is InChI=1S/C63H123N2O6P/c1-6-8-10-12-14-16-18-20-22-24-26-27-28-29-30-31-32-33-34-35-36-37-38-39-40-42-44-46-48-50-52-54-56-62(66)61(60-71-72(68,69)70-59-58-65(3,4)5)64-63(67)57-55-53-51-49-47-45-43-41-25-23-21-19-17-15-13-11-9-7-2/h17,19,23,25,54,56,61-62,66H,6-16,18,20-22,24,26-53,55,57-60H2,1-5H3,(H-,64,67,68,69)/b19-17-,25-23-,56-54+. The van der Waals surface area contributed by atoms with E-state index in [4.69, 9.17) is 9.05 Å². The van der Waals surface area contributed by atoms with Gasteiger partial charge >= 0.3 is 0 Å². The van der Waals surface area contributed by atoms with Crippen LogP contribution in [0.3, 0.4) is 0 Å². The number of allylic oxidation sites excluding steroid dienone is 5. The Hall–Kier alpha value is -1.28. The van der Waals surface area contributed by atoms with Crippen molar-refractivity contribution in [3.05, 3.63) is 36.5 Å². The lowest BCUT2D eigenvalue weighted by Crippen LogP contribution is -2.45. The van der Waals surface area contributed by atoms with Gasteiger partial charge in [0, 0.05) is 6.42 Å². The highest BCUT2D eigenvalue weighted by Crippen LogP contribution is 2.38. The Morgan fingerprint density at radius 2 is 0.806 bits per heavy atom. The second kappa shape index (κ2) is 54.5. The second-order valence-corrected chi connectivity index (χ2v) is 24.2. The third-order valence-corrected chi connectivity index (χ3v) is 15.3. The number of aliphatic hydroxyl groups is 1. The second-order valence-electron chi connectivity index (χ2n) is 22.8. The van der Waals surface area contributed by atoms with Crippen molar-refractivity contribution in [2.45, 2.75) is 321 Å². The van der Waals surface area contributed by atoms with Gasteiger partial charge in [-0.3, -0.25) is 9.36 Å². The van der Waals surface area contributed by atoms with Crippen molar-refractivity contribution in [2.75, 3.05) is 40.9 Å². The van der Waals surface area contributed by atoms with E-state index in [0.29, 0.717) is 17.4 Å². The molecule has 0 aliphatic carbocycles. The van der Waals surface area contributed by atoms with Gasteiger partial charge in [0.25, 0.3) is 7.82 Å². The lowest BCUT2D eigenvalue weighted by Gasteiger charge is -2.29. The predicted octanol–water partition coefficient (Wildman–Crippen LogP) is 18.7. The molecular formula is C63H123N2O6P. The molecule has 0 heterocycles. The highest BCUT2D eigenvalue weighted by atomic mass is 31.2. The summed E-state index contributed by atoms with van der Waals surface area (Å²) >= 11 is 0. The summed E-state index contributed by atoms with van der Waals surface area (Å²) in [6.07, 6.45) is 71.0. The average molecular weight is 1040 g/mol. The van der Waals surface area contributed by atoms with Crippen LogP contribution in [0, 0.1) is 0 Å². The van der Waals surface area contributed by atoms with Gasteiger partial charge in [0.15, 0.2) is 0 Å². The zero-order valence-electron chi connectivity index (χ0n) is 48.6. The van der Waals surface area contributed by atoms with Gasteiger partial charge in [-0.05, 0) is 51.4 Å². The molecule has 8 nitrogen and oxygen atoms in total. The summed E-state index contributed by atoms with van der Waals surface area (Å²) in [7, 11) is 1.26. The minimum atomic E-state index is -4.60. The van der Waals surface area contributed by atoms with Crippen LogP contribution >= 0.6 is 7.82 Å². The summed E-state index contributed by atoms with van der Waals surface area (Å²) in [5.41, 5.74) is 0. The van der Waals surface area contributed by atoms with E-state index in [0.717, 1.165) is 51.4 Å². The molecule has 0 rings (SSSR count). The topological polar surface area (TPSA) is 108 Å². The number of rotatable bonds is 58. The maximum Gasteiger partial charge on any atom is 0.268 e. The number of unbranched alkanes of at least 4 members (excludes halogenated alkanes) is 41. The van der Waals surface area contributed by atoms with Crippen LogP contribution in [0.4, 0.5) is 0 Å². The normalized spacial score (nSPS) is 14.0. The molecule has 0 aromatic rings. The Kier molecular flexibility index (Phi) is 53.5. The molecule has 0 fully saturated rings. The van der Waals surface area contributed by atoms with Crippen molar-refractivity contribution >= 4 is 13.7 Å². The largest absolute Gasteiger partial charge is 0.756 e. The number of hydrogen-bond donors (Lipinski definition) is 2. The Bertz CT molecular complexity index is 1270. The summed E-state index contributed by atoms with van der Waals surface area (Å²) in [6.45, 7) is 4.66. The minimum absolute atomic E-state index is 0.00230. The lowest BCUT2D eigenvalue weighted by atomic mass is 10.0. The number of carbonyl (C=O) groups excluding carboxylic acids is 1. The first-order valence-electron chi connectivity index (χ1n) is 31.4. The maximum atomic E-state index is 13.0. The molecule has 0 aliphatic heterocycles. The number of likely N-dealkylation sites (N-methyl/N-ethyl adjacent to an activating group) is 1. The van der Waals surface area contributed by atoms with Crippen LogP contribution in [-0.2, 0) is 18.4 Å². The highest BCUT2D eigenvalue weighted by Gasteiger charge is 2.23. The van der Waals surface area contributed by atoms with Crippen LogP contribution in [0.2, 0.25) is 0 Å².